The van der Waals surface area contributed by atoms with Gasteiger partial charge in [-0.25, -0.2) is 0 Å². The lowest BCUT2D eigenvalue weighted by Crippen LogP contribution is -2.53. The van der Waals surface area contributed by atoms with Crippen molar-refractivity contribution in [3.05, 3.63) is 33.8 Å². The number of fused-ring (bicyclic) bond motifs is 1. The number of imide groups is 1. The number of nitrogens with zero attached hydrogens (tertiary/aromatic N) is 1. The molecule has 2 aliphatic rings. The first-order chi connectivity index (χ1) is 9.49. The molecule has 0 saturated carbocycles. The maximum absolute atomic E-state index is 12.5. The van der Waals surface area contributed by atoms with E-state index < -0.39 is 6.04 Å². The third-order valence-electron chi connectivity index (χ3n) is 3.89. The minimum atomic E-state index is -0.568. The summed E-state index contributed by atoms with van der Waals surface area (Å²) in [5.74, 6) is -0.803. The van der Waals surface area contributed by atoms with Crippen LogP contribution in [0.15, 0.2) is 22.7 Å². The van der Waals surface area contributed by atoms with E-state index in [0.717, 1.165) is 10.0 Å². The summed E-state index contributed by atoms with van der Waals surface area (Å²) in [5.41, 5.74) is 1.54. The van der Waals surface area contributed by atoms with Gasteiger partial charge < -0.3 is 4.90 Å². The number of rotatable bonds is 1. The van der Waals surface area contributed by atoms with Crippen LogP contribution in [-0.2, 0) is 9.59 Å². The van der Waals surface area contributed by atoms with E-state index in [9.17, 15) is 14.4 Å². The van der Waals surface area contributed by atoms with Gasteiger partial charge in [-0.1, -0.05) is 22.0 Å². The zero-order chi connectivity index (χ0) is 14.4. The van der Waals surface area contributed by atoms with Crippen LogP contribution in [0.25, 0.3) is 0 Å². The number of carbonyl (C=O) groups excluding carboxylic acids is 3. The van der Waals surface area contributed by atoms with Crippen LogP contribution in [0.1, 0.15) is 41.7 Å². The van der Waals surface area contributed by atoms with Crippen molar-refractivity contribution in [2.75, 3.05) is 0 Å². The molecule has 0 aliphatic carbocycles. The van der Waals surface area contributed by atoms with E-state index in [1.807, 2.05) is 19.1 Å². The van der Waals surface area contributed by atoms with Gasteiger partial charge in [0, 0.05) is 16.5 Å². The summed E-state index contributed by atoms with van der Waals surface area (Å²) in [6, 6.07) is 4.83. The SMILES string of the molecule is CC1c2ccc(Br)cc2C(=O)N1C1CCC(=O)NC1=O. The summed E-state index contributed by atoms with van der Waals surface area (Å²) >= 11 is 3.35. The minimum Gasteiger partial charge on any atom is -0.320 e. The van der Waals surface area contributed by atoms with Crippen molar-refractivity contribution in [2.24, 2.45) is 0 Å². The van der Waals surface area contributed by atoms with Crippen molar-refractivity contribution < 1.29 is 14.4 Å². The Morgan fingerprint density at radius 3 is 2.75 bits per heavy atom. The molecule has 2 aliphatic heterocycles. The first-order valence-electron chi connectivity index (χ1n) is 6.45. The Kier molecular flexibility index (Phi) is 3.12. The van der Waals surface area contributed by atoms with Gasteiger partial charge in [-0.3, -0.25) is 19.7 Å². The van der Waals surface area contributed by atoms with Gasteiger partial charge in [-0.05, 0) is 31.0 Å². The largest absolute Gasteiger partial charge is 0.320 e. The summed E-state index contributed by atoms with van der Waals surface area (Å²) in [5, 5.41) is 2.30. The summed E-state index contributed by atoms with van der Waals surface area (Å²) in [6.07, 6.45) is 0.656. The molecule has 1 saturated heterocycles. The van der Waals surface area contributed by atoms with Crippen molar-refractivity contribution >= 4 is 33.7 Å². The second-order valence-electron chi connectivity index (χ2n) is 5.09. The number of carbonyl (C=O) groups is 3. The Labute approximate surface area is 124 Å². The van der Waals surface area contributed by atoms with Crippen LogP contribution < -0.4 is 5.32 Å². The molecule has 104 valence electrons. The Bertz CT molecular complexity index is 629. The van der Waals surface area contributed by atoms with E-state index in [0.29, 0.717) is 12.0 Å². The number of benzene rings is 1. The van der Waals surface area contributed by atoms with Gasteiger partial charge in [0.2, 0.25) is 11.8 Å². The van der Waals surface area contributed by atoms with Crippen molar-refractivity contribution in [1.82, 2.24) is 10.2 Å². The Morgan fingerprint density at radius 1 is 1.30 bits per heavy atom. The molecule has 20 heavy (non-hydrogen) atoms. The molecule has 2 unspecified atom stereocenters. The Hall–Kier alpha value is -1.69. The number of hydrogen-bond acceptors (Lipinski definition) is 3. The highest BCUT2D eigenvalue weighted by Crippen LogP contribution is 2.37. The van der Waals surface area contributed by atoms with E-state index in [1.54, 1.807) is 11.0 Å². The maximum Gasteiger partial charge on any atom is 0.255 e. The fourth-order valence-electron chi connectivity index (χ4n) is 2.90. The number of amides is 3. The molecule has 1 N–H and O–H groups in total. The van der Waals surface area contributed by atoms with Crippen LogP contribution >= 0.6 is 15.9 Å². The van der Waals surface area contributed by atoms with E-state index in [2.05, 4.69) is 21.2 Å². The maximum atomic E-state index is 12.5. The van der Waals surface area contributed by atoms with Crippen LogP contribution in [0.2, 0.25) is 0 Å². The van der Waals surface area contributed by atoms with Gasteiger partial charge in [0.15, 0.2) is 0 Å². The molecule has 0 bridgehead atoms. The molecule has 3 rings (SSSR count). The average molecular weight is 337 g/mol. The van der Waals surface area contributed by atoms with Crippen LogP contribution in [0.5, 0.6) is 0 Å². The lowest BCUT2D eigenvalue weighted by Gasteiger charge is -2.32. The van der Waals surface area contributed by atoms with Crippen molar-refractivity contribution in [2.45, 2.75) is 31.8 Å². The van der Waals surface area contributed by atoms with Crippen molar-refractivity contribution in [3.63, 3.8) is 0 Å². The second-order valence-corrected chi connectivity index (χ2v) is 6.00. The molecule has 6 heteroatoms. The highest BCUT2D eigenvalue weighted by atomic mass is 79.9. The monoisotopic (exact) mass is 336 g/mol. The molecular formula is C14H13BrN2O3. The smallest absolute Gasteiger partial charge is 0.255 e. The highest BCUT2D eigenvalue weighted by Gasteiger charge is 2.42. The van der Waals surface area contributed by atoms with Gasteiger partial charge in [0.1, 0.15) is 6.04 Å². The van der Waals surface area contributed by atoms with E-state index in [-0.39, 0.29) is 30.2 Å². The first-order valence-corrected chi connectivity index (χ1v) is 7.24. The fraction of sp³-hybridized carbons (Fsp3) is 0.357. The molecule has 2 heterocycles. The number of nitrogens with one attached hydrogen (secondary N) is 1. The van der Waals surface area contributed by atoms with Gasteiger partial charge in [0.25, 0.3) is 5.91 Å². The summed E-state index contributed by atoms with van der Waals surface area (Å²) in [7, 11) is 0. The average Bonchev–Trinajstić information content (AvgIpc) is 2.63. The minimum absolute atomic E-state index is 0.150. The molecule has 3 amide bonds. The Morgan fingerprint density at radius 2 is 2.05 bits per heavy atom. The summed E-state index contributed by atoms with van der Waals surface area (Å²) in [6.45, 7) is 1.90. The molecule has 5 nitrogen and oxygen atoms in total. The molecular weight excluding hydrogens is 324 g/mol. The molecule has 0 radical (unpaired) electrons. The second kappa shape index (κ2) is 4.70. The van der Waals surface area contributed by atoms with Gasteiger partial charge in [0.05, 0.1) is 6.04 Å². The van der Waals surface area contributed by atoms with Crippen LogP contribution in [0.4, 0.5) is 0 Å². The zero-order valence-corrected chi connectivity index (χ0v) is 12.4. The molecule has 0 aromatic heterocycles. The number of piperidine rings is 1. The predicted octanol–water partition coefficient (Wildman–Crippen LogP) is 1.77. The van der Waals surface area contributed by atoms with Crippen LogP contribution in [0, 0.1) is 0 Å². The molecule has 1 fully saturated rings. The quantitative estimate of drug-likeness (QED) is 0.795. The van der Waals surface area contributed by atoms with Crippen molar-refractivity contribution in [1.29, 1.82) is 0 Å². The lowest BCUT2D eigenvalue weighted by atomic mass is 10.0. The normalized spacial score (nSPS) is 25.7. The van der Waals surface area contributed by atoms with Gasteiger partial charge in [-0.15, -0.1) is 0 Å². The third kappa shape index (κ3) is 1.95. The number of halogens is 1. The number of hydrogen-bond donors (Lipinski definition) is 1. The summed E-state index contributed by atoms with van der Waals surface area (Å²) < 4.78 is 0.835. The van der Waals surface area contributed by atoms with Crippen molar-refractivity contribution in [3.8, 4) is 0 Å². The van der Waals surface area contributed by atoms with Crippen LogP contribution in [-0.4, -0.2) is 28.7 Å². The standard InChI is InChI=1S/C14H13BrN2O3/c1-7-9-3-2-8(15)6-10(9)14(20)17(7)11-4-5-12(18)16-13(11)19/h2-3,6-7,11H,4-5H2,1H3,(H,16,18,19). The molecule has 1 aromatic rings. The molecule has 0 spiro atoms. The predicted molar refractivity (Wildman–Crippen MR) is 74.9 cm³/mol. The molecule has 2 atom stereocenters. The van der Waals surface area contributed by atoms with Crippen LogP contribution in [0.3, 0.4) is 0 Å². The molecule has 1 aromatic carbocycles. The fourth-order valence-corrected chi connectivity index (χ4v) is 3.26. The summed E-state index contributed by atoms with van der Waals surface area (Å²) in [4.78, 5) is 37.3. The highest BCUT2D eigenvalue weighted by molar-refractivity contribution is 9.10. The van der Waals surface area contributed by atoms with E-state index in [1.165, 1.54) is 0 Å². The zero-order valence-electron chi connectivity index (χ0n) is 10.9. The van der Waals surface area contributed by atoms with Gasteiger partial charge >= 0.3 is 0 Å². The Balaban J connectivity index is 1.95. The van der Waals surface area contributed by atoms with Gasteiger partial charge in [-0.2, -0.15) is 0 Å². The van der Waals surface area contributed by atoms with E-state index >= 15 is 0 Å². The third-order valence-corrected chi connectivity index (χ3v) is 4.39. The lowest BCUT2D eigenvalue weighted by molar-refractivity contribution is -0.137. The first kappa shape index (κ1) is 13.3. The van der Waals surface area contributed by atoms with E-state index in [4.69, 9.17) is 0 Å². The topological polar surface area (TPSA) is 66.5 Å².